The van der Waals surface area contributed by atoms with E-state index in [-0.39, 0.29) is 23.8 Å². The molecule has 0 spiro atoms. The second-order valence-electron chi connectivity index (χ2n) is 13.8. The Kier molecular flexibility index (Phi) is 12.5. The average Bonchev–Trinajstić information content (AvgIpc) is 2.93. The summed E-state index contributed by atoms with van der Waals surface area (Å²) < 4.78 is 25.2. The molecule has 0 radical (unpaired) electrons. The molecule has 8 heteroatoms. The number of aliphatic hydroxyl groups is 1. The quantitative estimate of drug-likeness (QED) is 0.226. The first-order valence-corrected chi connectivity index (χ1v) is 15.8. The molecule has 1 fully saturated rings. The molecule has 0 amide bonds. The molecule has 0 bridgehead atoms. The lowest BCUT2D eigenvalue weighted by atomic mass is 9.82. The van der Waals surface area contributed by atoms with E-state index >= 15 is 0 Å². The third-order valence-electron chi connectivity index (χ3n) is 7.58. The molecule has 0 saturated carbocycles. The van der Waals surface area contributed by atoms with Gasteiger partial charge in [0.05, 0.1) is 42.7 Å². The predicted octanol–water partition coefficient (Wildman–Crippen LogP) is 7.77. The van der Waals surface area contributed by atoms with Crippen molar-refractivity contribution in [3.63, 3.8) is 0 Å². The van der Waals surface area contributed by atoms with E-state index in [4.69, 9.17) is 19.6 Å². The zero-order valence-electron chi connectivity index (χ0n) is 28.2. The van der Waals surface area contributed by atoms with E-state index in [1.807, 2.05) is 45.0 Å². The number of aromatic nitrogens is 1. The second-order valence-corrected chi connectivity index (χ2v) is 13.8. The van der Waals surface area contributed by atoms with Crippen molar-refractivity contribution in [2.24, 2.45) is 5.41 Å². The zero-order valence-corrected chi connectivity index (χ0v) is 28.2. The smallest absolute Gasteiger partial charge is 0.307 e. The lowest BCUT2D eigenvalue weighted by Gasteiger charge is -2.40. The molecule has 1 aliphatic rings. The first kappa shape index (κ1) is 36.0. The summed E-state index contributed by atoms with van der Waals surface area (Å²) in [5.74, 6) is -0.383. The number of hydrogen-bond acceptors (Lipinski definition) is 6. The first-order chi connectivity index (χ1) is 21.0. The van der Waals surface area contributed by atoms with E-state index in [0.717, 1.165) is 71.0 Å². The fourth-order valence-electron chi connectivity index (χ4n) is 5.14. The summed E-state index contributed by atoms with van der Waals surface area (Å²) in [6.45, 7) is 18.2. The number of carboxylic acids is 1. The summed E-state index contributed by atoms with van der Waals surface area (Å²) in [4.78, 5) is 19.2. The number of anilines is 1. The molecule has 1 saturated heterocycles. The van der Waals surface area contributed by atoms with Crippen LogP contribution in [0.1, 0.15) is 83.8 Å². The van der Waals surface area contributed by atoms with Gasteiger partial charge in [-0.3, -0.25) is 9.78 Å². The summed E-state index contributed by atoms with van der Waals surface area (Å²) in [5.41, 5.74) is 5.90. The van der Waals surface area contributed by atoms with Gasteiger partial charge in [0.1, 0.15) is 11.6 Å². The van der Waals surface area contributed by atoms with Gasteiger partial charge in [-0.15, -0.1) is 0 Å². The molecule has 2 heterocycles. The molecule has 7 nitrogen and oxygen atoms in total. The summed E-state index contributed by atoms with van der Waals surface area (Å²) in [5, 5.41) is 18.3. The minimum absolute atomic E-state index is 0.0322. The molecule has 246 valence electrons. The SMILES string of the molecule is CC(C)(C)O.Cc1nc(COC(C)C)c(-c2ccc(OCCc3ccc(F)cc3)cc2)c(N2CCC(C)(C)CC2)c1CC(=O)O. The number of hydrogen-bond donors (Lipinski definition) is 2. The Morgan fingerprint density at radius 3 is 2.16 bits per heavy atom. The summed E-state index contributed by atoms with van der Waals surface area (Å²) in [7, 11) is 0. The highest BCUT2D eigenvalue weighted by Crippen LogP contribution is 2.42. The summed E-state index contributed by atoms with van der Waals surface area (Å²) >= 11 is 0. The van der Waals surface area contributed by atoms with Crippen molar-refractivity contribution >= 4 is 11.7 Å². The Bertz CT molecular complexity index is 1380. The standard InChI is InChI=1S/C33H41FN2O4.C4H10O/c1-22(2)40-21-29-31(25-8-12-27(13-9-25)39-19-14-24-6-10-26(34)11-7-24)32(28(20-30(37)38)23(3)35-29)36-17-15-33(4,5)16-18-36;1-4(2,3)5/h6-13,22H,14-21H2,1-5H3,(H,37,38);5H,1-3H3. The van der Waals surface area contributed by atoms with Crippen LogP contribution in [-0.4, -0.2) is 52.6 Å². The fraction of sp³-hybridized carbons (Fsp3) is 0.514. The number of piperidine rings is 1. The van der Waals surface area contributed by atoms with Gasteiger partial charge in [-0.05, 0) is 95.2 Å². The Labute approximate surface area is 268 Å². The number of aliphatic carboxylic acids is 1. The van der Waals surface area contributed by atoms with Crippen LogP contribution in [0.15, 0.2) is 48.5 Å². The van der Waals surface area contributed by atoms with E-state index in [1.54, 1.807) is 32.9 Å². The summed E-state index contributed by atoms with van der Waals surface area (Å²) in [6.07, 6.45) is 2.67. The van der Waals surface area contributed by atoms with Gasteiger partial charge in [0.2, 0.25) is 0 Å². The van der Waals surface area contributed by atoms with Crippen LogP contribution in [-0.2, 0) is 29.0 Å². The number of carbonyl (C=O) groups is 1. The monoisotopic (exact) mass is 622 g/mol. The van der Waals surface area contributed by atoms with Crippen molar-refractivity contribution in [3.05, 3.63) is 76.9 Å². The molecular weight excluding hydrogens is 571 g/mol. The minimum atomic E-state index is -0.870. The number of nitrogens with zero attached hydrogens (tertiary/aromatic N) is 2. The number of carboxylic acid groups (broad SMARTS) is 1. The van der Waals surface area contributed by atoms with E-state index < -0.39 is 11.6 Å². The van der Waals surface area contributed by atoms with Crippen LogP contribution in [0.5, 0.6) is 5.75 Å². The number of ether oxygens (including phenoxy) is 2. The van der Waals surface area contributed by atoms with Gasteiger partial charge < -0.3 is 24.6 Å². The normalized spacial score (nSPS) is 14.6. The van der Waals surface area contributed by atoms with Gasteiger partial charge in [0.15, 0.2) is 0 Å². The topological polar surface area (TPSA) is 92.1 Å². The van der Waals surface area contributed by atoms with Crippen LogP contribution in [0.4, 0.5) is 10.1 Å². The van der Waals surface area contributed by atoms with Gasteiger partial charge in [0.25, 0.3) is 0 Å². The Morgan fingerprint density at radius 1 is 1.04 bits per heavy atom. The molecule has 0 unspecified atom stereocenters. The summed E-state index contributed by atoms with van der Waals surface area (Å²) in [6, 6.07) is 14.4. The molecule has 3 aromatic rings. The van der Waals surface area contributed by atoms with Gasteiger partial charge in [0, 0.05) is 36.3 Å². The largest absolute Gasteiger partial charge is 0.493 e. The van der Waals surface area contributed by atoms with Crippen LogP contribution in [0, 0.1) is 18.2 Å². The lowest BCUT2D eigenvalue weighted by molar-refractivity contribution is -0.136. The number of aryl methyl sites for hydroxylation is 1. The van der Waals surface area contributed by atoms with Crippen LogP contribution < -0.4 is 9.64 Å². The van der Waals surface area contributed by atoms with E-state index in [2.05, 4.69) is 18.7 Å². The van der Waals surface area contributed by atoms with Crippen LogP contribution in [0.25, 0.3) is 11.1 Å². The Morgan fingerprint density at radius 2 is 1.62 bits per heavy atom. The third-order valence-corrected chi connectivity index (χ3v) is 7.58. The van der Waals surface area contributed by atoms with Gasteiger partial charge >= 0.3 is 5.97 Å². The van der Waals surface area contributed by atoms with Crippen molar-refractivity contribution in [2.45, 2.75) is 99.4 Å². The molecule has 1 aliphatic heterocycles. The van der Waals surface area contributed by atoms with E-state index in [1.165, 1.54) is 12.1 Å². The number of pyridine rings is 1. The Balaban J connectivity index is 0.00000102. The fourth-order valence-corrected chi connectivity index (χ4v) is 5.14. The van der Waals surface area contributed by atoms with Crippen molar-refractivity contribution < 1.29 is 28.9 Å². The molecule has 2 N–H and O–H groups in total. The first-order valence-electron chi connectivity index (χ1n) is 15.8. The maximum Gasteiger partial charge on any atom is 0.307 e. The highest BCUT2D eigenvalue weighted by Gasteiger charge is 2.31. The number of benzene rings is 2. The maximum absolute atomic E-state index is 13.2. The third kappa shape index (κ3) is 11.7. The lowest BCUT2D eigenvalue weighted by Crippen LogP contribution is -2.38. The predicted molar refractivity (Wildman–Crippen MR) is 178 cm³/mol. The van der Waals surface area contributed by atoms with E-state index in [9.17, 15) is 14.3 Å². The number of rotatable bonds is 11. The van der Waals surface area contributed by atoms with Crippen LogP contribution in [0.3, 0.4) is 0 Å². The average molecular weight is 623 g/mol. The molecule has 45 heavy (non-hydrogen) atoms. The van der Waals surface area contributed by atoms with Gasteiger partial charge in [-0.25, -0.2) is 4.39 Å². The Hall–Kier alpha value is -3.49. The zero-order chi connectivity index (χ0) is 33.4. The number of halogens is 1. The highest BCUT2D eigenvalue weighted by molar-refractivity contribution is 5.86. The van der Waals surface area contributed by atoms with Gasteiger partial charge in [-0.1, -0.05) is 38.1 Å². The molecule has 1 aromatic heterocycles. The molecule has 2 aromatic carbocycles. The molecule has 4 rings (SSSR count). The van der Waals surface area contributed by atoms with Crippen LogP contribution in [0.2, 0.25) is 0 Å². The molecular formula is C37H51FN2O5. The highest BCUT2D eigenvalue weighted by atomic mass is 19.1. The van der Waals surface area contributed by atoms with Crippen molar-refractivity contribution in [1.82, 2.24) is 4.98 Å². The van der Waals surface area contributed by atoms with Gasteiger partial charge in [-0.2, -0.15) is 0 Å². The van der Waals surface area contributed by atoms with Crippen molar-refractivity contribution in [1.29, 1.82) is 0 Å². The van der Waals surface area contributed by atoms with Crippen molar-refractivity contribution in [2.75, 3.05) is 24.6 Å². The minimum Gasteiger partial charge on any atom is -0.493 e. The molecule has 0 atom stereocenters. The molecule has 0 aliphatic carbocycles. The van der Waals surface area contributed by atoms with E-state index in [0.29, 0.717) is 19.6 Å². The maximum atomic E-state index is 13.2. The van der Waals surface area contributed by atoms with Crippen LogP contribution >= 0.6 is 0 Å². The second kappa shape index (κ2) is 15.7. The van der Waals surface area contributed by atoms with Crippen molar-refractivity contribution in [3.8, 4) is 16.9 Å².